The monoisotopic (exact) mass is 399 g/mol. The lowest BCUT2D eigenvalue weighted by atomic mass is 10.1. The maximum Gasteiger partial charge on any atom is 0.157 e. The molecule has 0 saturated carbocycles. The first-order chi connectivity index (χ1) is 13.1. The van der Waals surface area contributed by atoms with Gasteiger partial charge in [0.25, 0.3) is 0 Å². The number of nitrogens with zero attached hydrogens (tertiary/aromatic N) is 2. The van der Waals surface area contributed by atoms with E-state index < -0.39 is 0 Å². The summed E-state index contributed by atoms with van der Waals surface area (Å²) in [5.41, 5.74) is 10.8. The van der Waals surface area contributed by atoms with Gasteiger partial charge in [-0.1, -0.05) is 41.6 Å². The van der Waals surface area contributed by atoms with Crippen LogP contribution >= 0.6 is 23.4 Å². The second-order valence-corrected chi connectivity index (χ2v) is 8.48. The Hall–Kier alpha value is -2.02. The molecule has 0 amide bonds. The van der Waals surface area contributed by atoms with E-state index in [0.717, 1.165) is 34.4 Å². The minimum atomic E-state index is 0.0263. The second kappa shape index (κ2) is 7.92. The number of nitrogens with one attached hydrogen (secondary N) is 2. The normalized spacial score (nSPS) is 17.9. The fourth-order valence-electron chi connectivity index (χ4n) is 3.22. The highest BCUT2D eigenvalue weighted by atomic mass is 35.5. The van der Waals surface area contributed by atoms with Crippen molar-refractivity contribution in [1.29, 1.82) is 0 Å². The lowest BCUT2D eigenvalue weighted by Gasteiger charge is -2.14. The maximum absolute atomic E-state index is 6.26. The molecule has 2 heterocycles. The van der Waals surface area contributed by atoms with Crippen molar-refractivity contribution < 1.29 is 0 Å². The number of rotatable bonds is 5. The number of benzene rings is 2. The fourth-order valence-corrected chi connectivity index (χ4v) is 4.36. The highest BCUT2D eigenvalue weighted by molar-refractivity contribution is 8.14. The van der Waals surface area contributed by atoms with Gasteiger partial charge in [0.2, 0.25) is 0 Å². The van der Waals surface area contributed by atoms with E-state index in [9.17, 15) is 0 Å². The second-order valence-electron chi connectivity index (χ2n) is 6.85. The topological polar surface area (TPSA) is 79.1 Å². The molecule has 27 heavy (non-hydrogen) atoms. The average Bonchev–Trinajstić information content (AvgIpc) is 3.29. The number of hydrogen-bond acceptors (Lipinski definition) is 5. The zero-order valence-corrected chi connectivity index (χ0v) is 16.6. The number of aromatic amines is 1. The SMILES string of the molecule is Cc1[nH]nc2ccc(C3CN=C(NC[C@@H](N)Cc4ccc(Cl)cc4)S3)cc12. The summed E-state index contributed by atoms with van der Waals surface area (Å²) in [6, 6.07) is 14.3. The van der Waals surface area contributed by atoms with Crippen LogP contribution in [0.4, 0.5) is 0 Å². The zero-order chi connectivity index (χ0) is 18.8. The van der Waals surface area contributed by atoms with E-state index >= 15 is 0 Å². The van der Waals surface area contributed by atoms with Crippen LogP contribution in [-0.4, -0.2) is 34.5 Å². The van der Waals surface area contributed by atoms with E-state index in [0.29, 0.717) is 11.8 Å². The zero-order valence-electron chi connectivity index (χ0n) is 15.1. The summed E-state index contributed by atoms with van der Waals surface area (Å²) in [5.74, 6) is 0. The Morgan fingerprint density at radius 1 is 1.30 bits per heavy atom. The van der Waals surface area contributed by atoms with Gasteiger partial charge in [-0.2, -0.15) is 5.10 Å². The summed E-state index contributed by atoms with van der Waals surface area (Å²) >= 11 is 7.69. The van der Waals surface area contributed by atoms with E-state index in [1.807, 2.05) is 31.2 Å². The number of nitrogens with two attached hydrogens (primary N) is 1. The molecule has 5 nitrogen and oxygen atoms in total. The van der Waals surface area contributed by atoms with Gasteiger partial charge in [-0.15, -0.1) is 0 Å². The number of aryl methyl sites for hydroxylation is 1. The highest BCUT2D eigenvalue weighted by Gasteiger charge is 2.22. The highest BCUT2D eigenvalue weighted by Crippen LogP contribution is 2.35. The molecular formula is C20H22ClN5S. The molecule has 1 unspecified atom stereocenters. The molecule has 1 aliphatic rings. The molecule has 0 spiro atoms. The molecular weight excluding hydrogens is 378 g/mol. The van der Waals surface area contributed by atoms with Crippen LogP contribution < -0.4 is 11.1 Å². The molecule has 1 aliphatic heterocycles. The van der Waals surface area contributed by atoms with Gasteiger partial charge in [-0.25, -0.2) is 0 Å². The summed E-state index contributed by atoms with van der Waals surface area (Å²) in [5, 5.41) is 14.0. The molecule has 0 aliphatic carbocycles. The van der Waals surface area contributed by atoms with E-state index in [1.165, 1.54) is 16.5 Å². The molecule has 3 aromatic rings. The van der Waals surface area contributed by atoms with Gasteiger partial charge >= 0.3 is 0 Å². The predicted molar refractivity (Wildman–Crippen MR) is 115 cm³/mol. The Labute approximate surface area is 167 Å². The van der Waals surface area contributed by atoms with E-state index in [2.05, 4.69) is 38.7 Å². The lowest BCUT2D eigenvalue weighted by molar-refractivity contribution is 0.646. The number of thioether (sulfide) groups is 1. The Balaban J connectivity index is 1.31. The van der Waals surface area contributed by atoms with Gasteiger partial charge in [0.05, 0.1) is 17.3 Å². The summed E-state index contributed by atoms with van der Waals surface area (Å²) in [6.07, 6.45) is 0.808. The fraction of sp³-hybridized carbons (Fsp3) is 0.300. The Morgan fingerprint density at radius 2 is 2.11 bits per heavy atom. The van der Waals surface area contributed by atoms with Gasteiger partial charge in [0.15, 0.2) is 5.17 Å². The van der Waals surface area contributed by atoms with Crippen LogP contribution in [0.25, 0.3) is 10.9 Å². The molecule has 0 saturated heterocycles. The van der Waals surface area contributed by atoms with Crippen LogP contribution in [0.15, 0.2) is 47.5 Å². The minimum absolute atomic E-state index is 0.0263. The van der Waals surface area contributed by atoms with Crippen LogP contribution in [0.3, 0.4) is 0 Å². The summed E-state index contributed by atoms with van der Waals surface area (Å²) < 4.78 is 0. The number of halogens is 1. The number of aliphatic imine (C=N–C) groups is 1. The third-order valence-electron chi connectivity index (χ3n) is 4.72. The summed E-state index contributed by atoms with van der Waals surface area (Å²) in [4.78, 5) is 4.65. The molecule has 1 aromatic heterocycles. The van der Waals surface area contributed by atoms with Gasteiger partial charge in [0, 0.05) is 28.7 Å². The molecule has 0 bridgehead atoms. The number of aromatic nitrogens is 2. The Morgan fingerprint density at radius 3 is 2.93 bits per heavy atom. The van der Waals surface area contributed by atoms with Gasteiger partial charge in [-0.05, 0) is 48.7 Å². The Kier molecular flexibility index (Phi) is 5.38. The molecule has 4 rings (SSSR count). The van der Waals surface area contributed by atoms with Crippen LogP contribution in [-0.2, 0) is 6.42 Å². The summed E-state index contributed by atoms with van der Waals surface area (Å²) in [7, 11) is 0. The number of H-pyrrole nitrogens is 1. The van der Waals surface area contributed by atoms with Gasteiger partial charge < -0.3 is 11.1 Å². The molecule has 140 valence electrons. The van der Waals surface area contributed by atoms with Crippen molar-refractivity contribution in [3.05, 3.63) is 64.3 Å². The third kappa shape index (κ3) is 4.29. The van der Waals surface area contributed by atoms with Gasteiger partial charge in [-0.3, -0.25) is 10.1 Å². The van der Waals surface area contributed by atoms with Crippen molar-refractivity contribution in [2.45, 2.75) is 24.6 Å². The molecule has 2 aromatic carbocycles. The van der Waals surface area contributed by atoms with Crippen LogP contribution in [0.2, 0.25) is 5.02 Å². The number of fused-ring (bicyclic) bond motifs is 1. The van der Waals surface area contributed by atoms with Crippen molar-refractivity contribution in [3.8, 4) is 0 Å². The number of amidine groups is 1. The van der Waals surface area contributed by atoms with Crippen LogP contribution in [0, 0.1) is 6.92 Å². The summed E-state index contributed by atoms with van der Waals surface area (Å²) in [6.45, 7) is 3.52. The first-order valence-electron chi connectivity index (χ1n) is 8.98. The Bertz CT molecular complexity index is 966. The van der Waals surface area contributed by atoms with Crippen molar-refractivity contribution in [1.82, 2.24) is 15.5 Å². The molecule has 7 heteroatoms. The molecule has 4 N–H and O–H groups in total. The lowest BCUT2D eigenvalue weighted by Crippen LogP contribution is -2.37. The first-order valence-corrected chi connectivity index (χ1v) is 10.2. The van der Waals surface area contributed by atoms with Crippen molar-refractivity contribution in [3.63, 3.8) is 0 Å². The maximum atomic E-state index is 6.26. The standard InChI is InChI=1S/C20H22ClN5S/c1-12-17-9-14(4-7-18(17)26-25-12)19-11-24-20(27-19)23-10-16(22)8-13-2-5-15(21)6-3-13/h2-7,9,16,19H,8,10-11,22H2,1H3,(H,23,24)(H,25,26)/t16-,19?/m0/s1. The molecule has 0 radical (unpaired) electrons. The third-order valence-corrected chi connectivity index (χ3v) is 6.18. The first kappa shape index (κ1) is 18.3. The van der Waals surface area contributed by atoms with Crippen LogP contribution in [0.1, 0.15) is 22.1 Å². The predicted octanol–water partition coefficient (Wildman–Crippen LogP) is 3.83. The van der Waals surface area contributed by atoms with Crippen molar-refractivity contribution >= 4 is 39.4 Å². The van der Waals surface area contributed by atoms with Crippen LogP contribution in [0.5, 0.6) is 0 Å². The van der Waals surface area contributed by atoms with E-state index in [4.69, 9.17) is 17.3 Å². The van der Waals surface area contributed by atoms with E-state index in [-0.39, 0.29) is 6.04 Å². The smallest absolute Gasteiger partial charge is 0.157 e. The molecule has 2 atom stereocenters. The quantitative estimate of drug-likeness (QED) is 0.609. The van der Waals surface area contributed by atoms with Crippen molar-refractivity contribution in [2.75, 3.05) is 13.1 Å². The number of hydrogen-bond donors (Lipinski definition) is 3. The van der Waals surface area contributed by atoms with E-state index in [1.54, 1.807) is 11.8 Å². The average molecular weight is 400 g/mol. The minimum Gasteiger partial charge on any atom is -0.363 e. The largest absolute Gasteiger partial charge is 0.363 e. The molecule has 0 fully saturated rings. The van der Waals surface area contributed by atoms with Gasteiger partial charge in [0.1, 0.15) is 0 Å². The van der Waals surface area contributed by atoms with Crippen molar-refractivity contribution in [2.24, 2.45) is 10.7 Å².